The lowest BCUT2D eigenvalue weighted by Crippen LogP contribution is -2.30. The zero-order valence-corrected chi connectivity index (χ0v) is 41.7. The Balaban J connectivity index is 4.54. The van der Waals surface area contributed by atoms with Gasteiger partial charge in [0, 0.05) is 19.3 Å². The van der Waals surface area contributed by atoms with Crippen molar-refractivity contribution in [3.8, 4) is 0 Å². The Hall–Kier alpha value is -4.19. The van der Waals surface area contributed by atoms with Crippen LogP contribution in [0.15, 0.2) is 122 Å². The maximum Gasteiger partial charge on any atom is 0.306 e. The standard InChI is InChI=1S/C59H94O6/c1-4-7-10-13-16-19-22-24-26-28-29-31-32-34-37-40-43-46-49-52-58(61)64-55-56(54-63-57(60)51-48-45-42-39-36-21-18-15-12-9-6-3)65-59(62)53-50-47-44-41-38-35-33-30-27-25-23-20-17-14-11-8-5-2/h7-8,10-11,16-17,19-20,24-27,29,31,33-35,37,41,44,56H,4-6,9,12-15,18,21-23,28,30,32,36,38-40,42-43,45-55H2,1-3H3/b10-7-,11-8-,19-16-,20-17-,26-24-,27-25-,31-29-,35-33-,37-34-,44-41-/t56-/m0/s1. The van der Waals surface area contributed by atoms with Gasteiger partial charge >= 0.3 is 17.9 Å². The van der Waals surface area contributed by atoms with E-state index >= 15 is 0 Å². The summed E-state index contributed by atoms with van der Waals surface area (Å²) in [4.78, 5) is 38.0. The average Bonchev–Trinajstić information content (AvgIpc) is 3.30. The van der Waals surface area contributed by atoms with Crippen LogP contribution in [0.25, 0.3) is 0 Å². The summed E-state index contributed by atoms with van der Waals surface area (Å²) in [6.07, 6.45) is 71.9. The fourth-order valence-corrected chi connectivity index (χ4v) is 6.62. The highest BCUT2D eigenvalue weighted by atomic mass is 16.6. The summed E-state index contributed by atoms with van der Waals surface area (Å²) in [5, 5.41) is 0. The molecule has 0 aliphatic heterocycles. The molecule has 0 rings (SSSR count). The summed E-state index contributed by atoms with van der Waals surface area (Å²) in [6.45, 7) is 6.31. The van der Waals surface area contributed by atoms with Crippen LogP contribution in [0.2, 0.25) is 0 Å². The highest BCUT2D eigenvalue weighted by Crippen LogP contribution is 2.13. The molecule has 0 heterocycles. The van der Waals surface area contributed by atoms with Crippen molar-refractivity contribution in [3.63, 3.8) is 0 Å². The lowest BCUT2D eigenvalue weighted by atomic mass is 10.1. The first kappa shape index (κ1) is 60.8. The van der Waals surface area contributed by atoms with Crippen LogP contribution in [0.1, 0.15) is 213 Å². The molecule has 0 radical (unpaired) electrons. The molecule has 0 aromatic carbocycles. The minimum absolute atomic E-state index is 0.113. The summed E-state index contributed by atoms with van der Waals surface area (Å²) in [5.41, 5.74) is 0. The summed E-state index contributed by atoms with van der Waals surface area (Å²) in [7, 11) is 0. The number of unbranched alkanes of at least 4 members (excludes halogenated alkanes) is 14. The SMILES string of the molecule is CC/C=C\C/C=C\C/C=C\C/C=C\C/C=C\CCCCCC(=O)OC[C@H](COC(=O)CCCCCCCCCCCCC)OC(=O)CCC/C=C\C/C=C\C/C=C\C/C=C\C/C=C\CC. The van der Waals surface area contributed by atoms with E-state index in [0.717, 1.165) is 116 Å². The van der Waals surface area contributed by atoms with Crippen molar-refractivity contribution in [1.82, 2.24) is 0 Å². The molecule has 6 nitrogen and oxygen atoms in total. The van der Waals surface area contributed by atoms with E-state index in [1.54, 1.807) is 0 Å². The maximum absolute atomic E-state index is 12.8. The van der Waals surface area contributed by atoms with Crippen molar-refractivity contribution in [1.29, 1.82) is 0 Å². The molecule has 0 aromatic heterocycles. The lowest BCUT2D eigenvalue weighted by molar-refractivity contribution is -0.167. The van der Waals surface area contributed by atoms with E-state index in [-0.39, 0.29) is 37.5 Å². The van der Waals surface area contributed by atoms with E-state index in [1.165, 1.54) is 51.4 Å². The van der Waals surface area contributed by atoms with E-state index in [1.807, 2.05) is 0 Å². The van der Waals surface area contributed by atoms with Crippen LogP contribution in [0.3, 0.4) is 0 Å². The van der Waals surface area contributed by atoms with Crippen molar-refractivity contribution in [3.05, 3.63) is 122 Å². The normalized spacial score (nSPS) is 13.1. The van der Waals surface area contributed by atoms with Crippen LogP contribution in [0.4, 0.5) is 0 Å². The Labute approximate surface area is 399 Å². The van der Waals surface area contributed by atoms with E-state index in [0.29, 0.717) is 19.3 Å². The van der Waals surface area contributed by atoms with Crippen LogP contribution in [-0.2, 0) is 28.6 Å². The van der Waals surface area contributed by atoms with Gasteiger partial charge in [-0.15, -0.1) is 0 Å². The van der Waals surface area contributed by atoms with Gasteiger partial charge in [-0.1, -0.05) is 213 Å². The fourth-order valence-electron chi connectivity index (χ4n) is 6.62. The van der Waals surface area contributed by atoms with Gasteiger partial charge in [-0.2, -0.15) is 0 Å². The van der Waals surface area contributed by atoms with Crippen LogP contribution in [0.5, 0.6) is 0 Å². The molecule has 0 fully saturated rings. The summed E-state index contributed by atoms with van der Waals surface area (Å²) in [6, 6.07) is 0. The molecule has 0 aromatic rings. The number of carbonyl (C=O) groups is 3. The predicted molar refractivity (Wildman–Crippen MR) is 279 cm³/mol. The van der Waals surface area contributed by atoms with Crippen LogP contribution >= 0.6 is 0 Å². The van der Waals surface area contributed by atoms with Gasteiger partial charge in [-0.25, -0.2) is 0 Å². The lowest BCUT2D eigenvalue weighted by Gasteiger charge is -2.18. The van der Waals surface area contributed by atoms with E-state index in [2.05, 4.69) is 142 Å². The molecule has 0 unspecified atom stereocenters. The third-order valence-electron chi connectivity index (χ3n) is 10.5. The van der Waals surface area contributed by atoms with Crippen molar-refractivity contribution in [2.45, 2.75) is 219 Å². The summed E-state index contributed by atoms with van der Waals surface area (Å²) < 4.78 is 16.7. The molecule has 0 amide bonds. The van der Waals surface area contributed by atoms with Gasteiger partial charge in [0.25, 0.3) is 0 Å². The third kappa shape index (κ3) is 50.7. The molecule has 0 aliphatic carbocycles. The highest BCUT2D eigenvalue weighted by Gasteiger charge is 2.19. The van der Waals surface area contributed by atoms with Crippen molar-refractivity contribution >= 4 is 17.9 Å². The Morgan fingerprint density at radius 3 is 0.985 bits per heavy atom. The zero-order valence-electron chi connectivity index (χ0n) is 41.7. The smallest absolute Gasteiger partial charge is 0.306 e. The molecular weight excluding hydrogens is 805 g/mol. The van der Waals surface area contributed by atoms with Crippen molar-refractivity contribution < 1.29 is 28.6 Å². The first-order chi connectivity index (χ1) is 32.0. The number of esters is 3. The Kier molecular flexibility index (Phi) is 49.1. The van der Waals surface area contributed by atoms with Gasteiger partial charge in [0.1, 0.15) is 13.2 Å². The molecule has 0 N–H and O–H groups in total. The second kappa shape index (κ2) is 52.4. The number of rotatable bonds is 45. The van der Waals surface area contributed by atoms with Gasteiger partial charge in [0.15, 0.2) is 6.10 Å². The maximum atomic E-state index is 12.8. The molecule has 0 saturated carbocycles. The molecule has 366 valence electrons. The summed E-state index contributed by atoms with van der Waals surface area (Å²) in [5.74, 6) is -1.01. The Bertz CT molecular complexity index is 1400. The number of ether oxygens (including phenoxy) is 3. The predicted octanol–water partition coefficient (Wildman–Crippen LogP) is 17.3. The minimum Gasteiger partial charge on any atom is -0.462 e. The summed E-state index contributed by atoms with van der Waals surface area (Å²) >= 11 is 0. The molecular formula is C59H94O6. The number of carbonyl (C=O) groups excluding carboxylic acids is 3. The van der Waals surface area contributed by atoms with Gasteiger partial charge in [-0.05, 0) is 103 Å². The number of hydrogen-bond donors (Lipinski definition) is 0. The number of hydrogen-bond acceptors (Lipinski definition) is 6. The zero-order chi connectivity index (χ0) is 47.2. The van der Waals surface area contributed by atoms with Gasteiger partial charge < -0.3 is 14.2 Å². The topological polar surface area (TPSA) is 78.9 Å². The molecule has 0 spiro atoms. The van der Waals surface area contributed by atoms with Crippen molar-refractivity contribution in [2.75, 3.05) is 13.2 Å². The first-order valence-electron chi connectivity index (χ1n) is 26.0. The van der Waals surface area contributed by atoms with Gasteiger partial charge in [0.05, 0.1) is 0 Å². The largest absolute Gasteiger partial charge is 0.462 e. The average molecular weight is 899 g/mol. The van der Waals surface area contributed by atoms with E-state index in [4.69, 9.17) is 14.2 Å². The third-order valence-corrected chi connectivity index (χ3v) is 10.5. The fraction of sp³-hybridized carbons (Fsp3) is 0.610. The molecule has 0 aliphatic rings. The van der Waals surface area contributed by atoms with Gasteiger partial charge in [0.2, 0.25) is 0 Å². The second-order valence-corrected chi connectivity index (χ2v) is 16.7. The van der Waals surface area contributed by atoms with E-state index < -0.39 is 6.10 Å². The second-order valence-electron chi connectivity index (χ2n) is 16.7. The minimum atomic E-state index is -0.822. The first-order valence-corrected chi connectivity index (χ1v) is 26.0. The quantitative estimate of drug-likeness (QED) is 0.0262. The Morgan fingerprint density at radius 2 is 0.615 bits per heavy atom. The van der Waals surface area contributed by atoms with Crippen LogP contribution < -0.4 is 0 Å². The Morgan fingerprint density at radius 1 is 0.323 bits per heavy atom. The monoisotopic (exact) mass is 899 g/mol. The molecule has 1 atom stereocenters. The van der Waals surface area contributed by atoms with Crippen molar-refractivity contribution in [2.24, 2.45) is 0 Å². The molecule has 6 heteroatoms. The molecule has 65 heavy (non-hydrogen) atoms. The van der Waals surface area contributed by atoms with Crippen LogP contribution in [-0.4, -0.2) is 37.2 Å². The number of allylic oxidation sites excluding steroid dienone is 20. The highest BCUT2D eigenvalue weighted by molar-refractivity contribution is 5.71. The van der Waals surface area contributed by atoms with Gasteiger partial charge in [-0.3, -0.25) is 14.4 Å². The van der Waals surface area contributed by atoms with E-state index in [9.17, 15) is 14.4 Å². The van der Waals surface area contributed by atoms with Crippen LogP contribution in [0, 0.1) is 0 Å². The molecule has 0 saturated heterocycles. The molecule has 0 bridgehead atoms.